The smallest absolute Gasteiger partial charge is 0.407 e. The van der Waals surface area contributed by atoms with Gasteiger partial charge in [-0.15, -0.1) is 0 Å². The highest BCUT2D eigenvalue weighted by molar-refractivity contribution is 5.98. The molecule has 11 heteroatoms. The number of para-hydroxylation sites is 1. The summed E-state index contributed by atoms with van der Waals surface area (Å²) in [5.41, 5.74) is 7.17. The molecule has 3 N–H and O–H groups in total. The second kappa shape index (κ2) is 14.1. The average Bonchev–Trinajstić information content (AvgIpc) is 3.62. The minimum Gasteiger partial charge on any atom is -0.460 e. The highest BCUT2D eigenvalue weighted by atomic mass is 19.1. The van der Waals surface area contributed by atoms with Crippen LogP contribution in [0.2, 0.25) is 0 Å². The summed E-state index contributed by atoms with van der Waals surface area (Å²) in [5.74, 6) is -2.66. The summed E-state index contributed by atoms with van der Waals surface area (Å²) in [6.45, 7) is 6.29. The van der Waals surface area contributed by atoms with Gasteiger partial charge in [-0.3, -0.25) is 9.59 Å². The van der Waals surface area contributed by atoms with Crippen LogP contribution in [0, 0.1) is 11.8 Å². The zero-order valence-electron chi connectivity index (χ0n) is 27.4. The van der Waals surface area contributed by atoms with E-state index in [9.17, 15) is 23.6 Å². The van der Waals surface area contributed by atoms with Crippen LogP contribution in [0.1, 0.15) is 93.4 Å². The van der Waals surface area contributed by atoms with Gasteiger partial charge in [-0.05, 0) is 77.3 Å². The van der Waals surface area contributed by atoms with Crippen LogP contribution in [-0.4, -0.2) is 59.7 Å². The highest BCUT2D eigenvalue weighted by Crippen LogP contribution is 2.50. The number of alkyl halides is 1. The van der Waals surface area contributed by atoms with Crippen molar-refractivity contribution in [1.82, 2.24) is 10.2 Å². The fourth-order valence-corrected chi connectivity index (χ4v) is 7.24. The molecule has 2 fully saturated rings. The molecule has 0 radical (unpaired) electrons. The minimum atomic E-state index is -0.983. The van der Waals surface area contributed by atoms with E-state index in [4.69, 9.17) is 19.6 Å². The Hall–Kier alpha value is -4.41. The lowest BCUT2D eigenvalue weighted by atomic mass is 9.78. The first-order valence-electron chi connectivity index (χ1n) is 16.3. The topological polar surface area (TPSA) is 141 Å². The number of hydrogen-bond donors (Lipinski definition) is 2. The molecule has 1 saturated carbocycles. The Labute approximate surface area is 274 Å². The Bertz CT molecular complexity index is 1590. The monoisotopic (exact) mass is 649 g/mol. The third-order valence-corrected chi connectivity index (χ3v) is 9.25. The number of ether oxygens (including phenoxy) is 2. The van der Waals surface area contributed by atoms with Gasteiger partial charge in [-0.1, -0.05) is 48.5 Å². The van der Waals surface area contributed by atoms with Crippen LogP contribution < -0.4 is 11.1 Å². The van der Waals surface area contributed by atoms with Crippen molar-refractivity contribution in [3.8, 4) is 0 Å². The number of fused-ring (bicyclic) bond motifs is 1. The molecule has 2 heterocycles. The molecule has 1 aromatic heterocycles. The van der Waals surface area contributed by atoms with Crippen LogP contribution >= 0.6 is 0 Å². The molecule has 1 aliphatic heterocycles. The first-order valence-corrected chi connectivity index (χ1v) is 16.3. The fraction of sp³-hybridized carbons (Fsp3) is 0.500. The molecule has 3 aromatic rings. The second-order valence-corrected chi connectivity index (χ2v) is 13.4. The largest absolute Gasteiger partial charge is 0.460 e. The predicted molar refractivity (Wildman–Crippen MR) is 173 cm³/mol. The molecule has 5 rings (SSSR count). The molecular weight excluding hydrogens is 605 g/mol. The van der Waals surface area contributed by atoms with Gasteiger partial charge in [0.2, 0.25) is 17.6 Å². The number of alkyl carbamates (subject to hydrolysis) is 1. The summed E-state index contributed by atoms with van der Waals surface area (Å²) in [4.78, 5) is 55.1. The van der Waals surface area contributed by atoms with Gasteiger partial charge in [-0.25, -0.2) is 14.0 Å². The molecule has 2 aliphatic rings. The summed E-state index contributed by atoms with van der Waals surface area (Å²) in [5, 5.41) is 3.31. The number of primary amides is 1. The summed E-state index contributed by atoms with van der Waals surface area (Å²) in [7, 11) is 0. The standard InChI is InChI=1S/C36H44FN3O7/c1-5-45-34(43)31-29(24-13-9-10-14-28(24)46-31)27-19-25(21-11-7-6-8-12-21)30(32(38)41)40(27)33(42)23-17-15-22(16-18-23)26(20-37)39-35(44)47-36(2,3)4/h6-14,22-23,25-27,30H,5,15-20H2,1-4H3,(H2,38,41)(H,39,44)/t22?,23?,25-,26?,27?,30+/m1/s1. The molecule has 0 bridgehead atoms. The van der Waals surface area contributed by atoms with Crippen molar-refractivity contribution in [2.75, 3.05) is 13.3 Å². The Morgan fingerprint density at radius 3 is 2.30 bits per heavy atom. The normalized spacial score (nSPS) is 23.7. The molecule has 10 nitrogen and oxygen atoms in total. The maximum absolute atomic E-state index is 14.6. The lowest BCUT2D eigenvalue weighted by Gasteiger charge is -2.37. The molecule has 3 amide bonds. The van der Waals surface area contributed by atoms with Gasteiger partial charge < -0.3 is 29.8 Å². The number of nitrogens with one attached hydrogen (secondary N) is 1. The number of esters is 1. The van der Waals surface area contributed by atoms with E-state index in [1.54, 1.807) is 44.7 Å². The van der Waals surface area contributed by atoms with Gasteiger partial charge in [0.1, 0.15) is 23.9 Å². The summed E-state index contributed by atoms with van der Waals surface area (Å²) < 4.78 is 30.9. The number of likely N-dealkylation sites (tertiary alicyclic amines) is 1. The maximum atomic E-state index is 14.6. The van der Waals surface area contributed by atoms with Gasteiger partial charge in [0.05, 0.1) is 18.7 Å². The number of carbonyl (C=O) groups is 4. The molecule has 47 heavy (non-hydrogen) atoms. The Morgan fingerprint density at radius 1 is 1.02 bits per heavy atom. The van der Waals surface area contributed by atoms with Crippen molar-refractivity contribution in [1.29, 1.82) is 0 Å². The van der Waals surface area contributed by atoms with Crippen LogP contribution in [0.25, 0.3) is 11.0 Å². The zero-order chi connectivity index (χ0) is 33.9. The summed E-state index contributed by atoms with van der Waals surface area (Å²) >= 11 is 0. The van der Waals surface area contributed by atoms with Gasteiger partial charge in [-0.2, -0.15) is 0 Å². The van der Waals surface area contributed by atoms with Crippen LogP contribution in [0.3, 0.4) is 0 Å². The van der Waals surface area contributed by atoms with E-state index in [-0.39, 0.29) is 24.2 Å². The molecular formula is C36H44FN3O7. The van der Waals surface area contributed by atoms with Crippen LogP contribution in [0.15, 0.2) is 59.0 Å². The second-order valence-electron chi connectivity index (χ2n) is 13.4. The van der Waals surface area contributed by atoms with E-state index >= 15 is 0 Å². The number of rotatable bonds is 9. The molecule has 2 aromatic carbocycles. The Kier molecular flexibility index (Phi) is 10.2. The van der Waals surface area contributed by atoms with Crippen LogP contribution in [0.4, 0.5) is 9.18 Å². The number of amides is 3. The number of halogens is 1. The van der Waals surface area contributed by atoms with Gasteiger partial charge >= 0.3 is 12.1 Å². The predicted octanol–water partition coefficient (Wildman–Crippen LogP) is 6.19. The SMILES string of the molecule is CCOC(=O)c1oc2ccccc2c1C1C[C@H](c2ccccc2)[C@@H](C(N)=O)N1C(=O)C1CCC(C(CF)NC(=O)OC(C)(C)C)CC1. The molecule has 1 saturated heterocycles. The van der Waals surface area contributed by atoms with E-state index < -0.39 is 60.2 Å². The van der Waals surface area contributed by atoms with Crippen molar-refractivity contribution in [3.63, 3.8) is 0 Å². The maximum Gasteiger partial charge on any atom is 0.407 e. The van der Waals surface area contributed by atoms with E-state index in [2.05, 4.69) is 5.32 Å². The van der Waals surface area contributed by atoms with Gasteiger partial charge in [0, 0.05) is 22.8 Å². The lowest BCUT2D eigenvalue weighted by molar-refractivity contribution is -0.144. The number of furan rings is 1. The number of benzene rings is 2. The molecule has 4 atom stereocenters. The molecule has 1 aliphatic carbocycles. The Balaban J connectivity index is 1.48. The first-order chi connectivity index (χ1) is 22.4. The third kappa shape index (κ3) is 7.29. The number of carbonyl (C=O) groups excluding carboxylic acids is 4. The van der Waals surface area contributed by atoms with Gasteiger partial charge in [0.25, 0.3) is 0 Å². The lowest BCUT2D eigenvalue weighted by Crippen LogP contribution is -2.50. The Morgan fingerprint density at radius 2 is 1.68 bits per heavy atom. The molecule has 0 spiro atoms. The van der Waals surface area contributed by atoms with Crippen molar-refractivity contribution in [2.45, 2.75) is 89.4 Å². The van der Waals surface area contributed by atoms with Crippen LogP contribution in [0.5, 0.6) is 0 Å². The van der Waals surface area contributed by atoms with Crippen molar-refractivity contribution in [3.05, 3.63) is 71.5 Å². The van der Waals surface area contributed by atoms with Crippen LogP contribution in [-0.2, 0) is 19.1 Å². The first kappa shape index (κ1) is 33.9. The fourth-order valence-electron chi connectivity index (χ4n) is 7.24. The minimum absolute atomic E-state index is 0.00417. The molecule has 252 valence electrons. The average molecular weight is 650 g/mol. The van der Waals surface area contributed by atoms with E-state index in [1.807, 2.05) is 42.5 Å². The van der Waals surface area contributed by atoms with E-state index in [1.165, 1.54) is 0 Å². The number of nitrogens with zero attached hydrogens (tertiary/aromatic N) is 1. The number of nitrogens with two attached hydrogens (primary N) is 1. The van der Waals surface area contributed by atoms with Crippen molar-refractivity contribution < 1.29 is 37.5 Å². The summed E-state index contributed by atoms with van der Waals surface area (Å²) in [6.07, 6.45) is 1.49. The zero-order valence-corrected chi connectivity index (χ0v) is 27.4. The van der Waals surface area contributed by atoms with Gasteiger partial charge in [0.15, 0.2) is 0 Å². The summed E-state index contributed by atoms with van der Waals surface area (Å²) in [6, 6.07) is 14.2. The molecule has 2 unspecified atom stereocenters. The number of hydrogen-bond acceptors (Lipinski definition) is 7. The third-order valence-electron chi connectivity index (χ3n) is 9.25. The van der Waals surface area contributed by atoms with E-state index in [0.29, 0.717) is 48.6 Å². The van der Waals surface area contributed by atoms with Crippen molar-refractivity contribution in [2.24, 2.45) is 17.6 Å². The quantitative estimate of drug-likeness (QED) is 0.263. The highest BCUT2D eigenvalue weighted by Gasteiger charge is 2.51. The van der Waals surface area contributed by atoms with Crippen molar-refractivity contribution >= 4 is 34.8 Å². The van der Waals surface area contributed by atoms with E-state index in [0.717, 1.165) is 5.56 Å².